The van der Waals surface area contributed by atoms with Crippen molar-refractivity contribution in [2.24, 2.45) is 0 Å². The second kappa shape index (κ2) is 8.72. The molecule has 4 rings (SSSR count). The highest BCUT2D eigenvalue weighted by atomic mass is 35.5. The van der Waals surface area contributed by atoms with Crippen LogP contribution in [0.3, 0.4) is 0 Å². The number of likely N-dealkylation sites (N-methyl/N-ethyl adjacent to an activating group) is 1. The lowest BCUT2D eigenvalue weighted by molar-refractivity contribution is -0.101. The molecule has 174 valence electrons. The lowest BCUT2D eigenvalue weighted by atomic mass is 9.82. The topological polar surface area (TPSA) is 68.7 Å². The Morgan fingerprint density at radius 1 is 1.25 bits per heavy atom. The van der Waals surface area contributed by atoms with Crippen molar-refractivity contribution in [1.29, 1.82) is 0 Å². The van der Waals surface area contributed by atoms with E-state index in [-0.39, 0.29) is 42.8 Å². The second-order valence-corrected chi connectivity index (χ2v) is 9.68. The molecule has 1 aliphatic heterocycles. The van der Waals surface area contributed by atoms with Gasteiger partial charge < -0.3 is 20.2 Å². The van der Waals surface area contributed by atoms with E-state index in [4.69, 9.17) is 16.6 Å². The molecule has 0 bridgehead atoms. The Morgan fingerprint density at radius 2 is 1.97 bits per heavy atom. The molecule has 2 heterocycles. The molecular formula is C23H29ClF2N4O2. The summed E-state index contributed by atoms with van der Waals surface area (Å²) in [5.41, 5.74) is -0.402. The van der Waals surface area contributed by atoms with E-state index in [1.807, 2.05) is 12.1 Å². The normalized spacial score (nSPS) is 22.5. The number of benzene rings is 1. The highest BCUT2D eigenvalue weighted by molar-refractivity contribution is 6.35. The Kier molecular flexibility index (Phi) is 6.31. The fraction of sp³-hybridized carbons (Fsp3) is 0.565. The number of amides is 1. The van der Waals surface area contributed by atoms with Crippen molar-refractivity contribution >= 4 is 34.2 Å². The van der Waals surface area contributed by atoms with Crippen LogP contribution in [0.15, 0.2) is 24.3 Å². The van der Waals surface area contributed by atoms with Gasteiger partial charge in [0.15, 0.2) is 0 Å². The molecule has 1 amide bonds. The van der Waals surface area contributed by atoms with E-state index in [0.29, 0.717) is 16.9 Å². The van der Waals surface area contributed by atoms with Crippen LogP contribution in [-0.2, 0) is 0 Å². The zero-order valence-electron chi connectivity index (χ0n) is 18.4. The molecule has 1 aromatic carbocycles. The first kappa shape index (κ1) is 23.1. The van der Waals surface area contributed by atoms with E-state index >= 15 is 0 Å². The standard InChI is InChI=1S/C23H29ClF2N4O2/c1-29(2)15-7-12-30(13-15)19-6-3-16-18(28-19)5-4-17(24)20(16)21(31)27-14-22(32)8-10-23(25,26)11-9-22/h3-6,15,32H,7-14H2,1-2H3,(H,27,31). The van der Waals surface area contributed by atoms with Crippen molar-refractivity contribution in [1.82, 2.24) is 15.2 Å². The largest absolute Gasteiger partial charge is 0.388 e. The highest BCUT2D eigenvalue weighted by Gasteiger charge is 2.42. The van der Waals surface area contributed by atoms with Crippen LogP contribution in [0.4, 0.5) is 14.6 Å². The molecule has 2 fully saturated rings. The first-order valence-corrected chi connectivity index (χ1v) is 11.3. The third-order valence-corrected chi connectivity index (χ3v) is 7.06. The summed E-state index contributed by atoms with van der Waals surface area (Å²) in [5.74, 6) is -2.34. The molecule has 1 atom stereocenters. The van der Waals surface area contributed by atoms with Crippen LogP contribution in [0.5, 0.6) is 0 Å². The van der Waals surface area contributed by atoms with Crippen molar-refractivity contribution in [3.05, 3.63) is 34.9 Å². The Labute approximate surface area is 191 Å². The van der Waals surface area contributed by atoms with E-state index < -0.39 is 17.4 Å². The van der Waals surface area contributed by atoms with Crippen LogP contribution < -0.4 is 10.2 Å². The van der Waals surface area contributed by atoms with Gasteiger partial charge in [0.05, 0.1) is 21.7 Å². The van der Waals surface area contributed by atoms with Gasteiger partial charge in [-0.05, 0) is 57.6 Å². The molecule has 9 heteroatoms. The van der Waals surface area contributed by atoms with Gasteiger partial charge in [-0.2, -0.15) is 0 Å². The minimum atomic E-state index is -2.75. The third-order valence-electron chi connectivity index (χ3n) is 6.74. The Balaban J connectivity index is 1.51. The minimum absolute atomic E-state index is 0.0573. The highest BCUT2D eigenvalue weighted by Crippen LogP contribution is 2.38. The first-order valence-electron chi connectivity index (χ1n) is 11.0. The number of carbonyl (C=O) groups excluding carboxylic acids is 1. The lowest BCUT2D eigenvalue weighted by Crippen LogP contribution is -2.47. The average molecular weight is 467 g/mol. The number of fused-ring (bicyclic) bond motifs is 1. The Morgan fingerprint density at radius 3 is 2.62 bits per heavy atom. The minimum Gasteiger partial charge on any atom is -0.388 e. The quantitative estimate of drug-likeness (QED) is 0.703. The van der Waals surface area contributed by atoms with Crippen molar-refractivity contribution in [3.8, 4) is 0 Å². The molecule has 2 aliphatic rings. The SMILES string of the molecule is CN(C)C1CCN(c2ccc3c(C(=O)NCC4(O)CCC(F)(F)CC4)c(Cl)ccc3n2)C1. The fourth-order valence-electron chi connectivity index (χ4n) is 4.54. The molecule has 1 aromatic heterocycles. The summed E-state index contributed by atoms with van der Waals surface area (Å²) in [6.07, 6.45) is 0.185. The number of rotatable bonds is 5. The molecule has 0 spiro atoms. The lowest BCUT2D eigenvalue weighted by Gasteiger charge is -2.35. The van der Waals surface area contributed by atoms with Crippen LogP contribution in [-0.4, -0.2) is 72.2 Å². The van der Waals surface area contributed by atoms with Gasteiger partial charge in [-0.1, -0.05) is 11.6 Å². The summed E-state index contributed by atoms with van der Waals surface area (Å²) < 4.78 is 26.8. The molecular weight excluding hydrogens is 438 g/mol. The Hall–Kier alpha value is -2.03. The van der Waals surface area contributed by atoms with E-state index in [1.165, 1.54) is 0 Å². The van der Waals surface area contributed by atoms with E-state index in [1.54, 1.807) is 12.1 Å². The molecule has 2 N–H and O–H groups in total. The van der Waals surface area contributed by atoms with Gasteiger partial charge in [0.1, 0.15) is 5.82 Å². The maximum Gasteiger partial charge on any atom is 0.253 e. The van der Waals surface area contributed by atoms with Gasteiger partial charge in [-0.3, -0.25) is 4.79 Å². The molecule has 0 radical (unpaired) electrons. The molecule has 2 aromatic rings. The predicted octanol–water partition coefficient (Wildman–Crippen LogP) is 3.70. The number of aromatic nitrogens is 1. The summed E-state index contributed by atoms with van der Waals surface area (Å²) in [6.45, 7) is 1.71. The van der Waals surface area contributed by atoms with Crippen LogP contribution >= 0.6 is 11.6 Å². The number of hydrogen-bond donors (Lipinski definition) is 2. The van der Waals surface area contributed by atoms with Gasteiger partial charge in [0, 0.05) is 43.9 Å². The number of halogens is 3. The third kappa shape index (κ3) is 4.82. The number of pyridine rings is 1. The maximum absolute atomic E-state index is 13.4. The van der Waals surface area contributed by atoms with E-state index in [9.17, 15) is 18.7 Å². The van der Waals surface area contributed by atoms with Crippen LogP contribution in [0.1, 0.15) is 42.5 Å². The van der Waals surface area contributed by atoms with Gasteiger partial charge in [-0.25, -0.2) is 13.8 Å². The summed E-state index contributed by atoms with van der Waals surface area (Å²) in [5, 5.41) is 14.2. The van der Waals surface area contributed by atoms with Crippen molar-refractivity contribution in [3.63, 3.8) is 0 Å². The second-order valence-electron chi connectivity index (χ2n) is 9.27. The number of hydrogen-bond acceptors (Lipinski definition) is 5. The predicted molar refractivity (Wildman–Crippen MR) is 122 cm³/mol. The summed E-state index contributed by atoms with van der Waals surface area (Å²) in [6, 6.07) is 7.64. The van der Waals surface area contributed by atoms with Crippen LogP contribution in [0, 0.1) is 0 Å². The van der Waals surface area contributed by atoms with E-state index in [0.717, 1.165) is 25.3 Å². The van der Waals surface area contributed by atoms with Gasteiger partial charge >= 0.3 is 0 Å². The zero-order chi connectivity index (χ0) is 23.1. The van der Waals surface area contributed by atoms with E-state index in [2.05, 4.69) is 29.2 Å². The smallest absolute Gasteiger partial charge is 0.253 e. The first-order chi connectivity index (χ1) is 15.1. The summed E-state index contributed by atoms with van der Waals surface area (Å²) in [7, 11) is 4.15. The molecule has 32 heavy (non-hydrogen) atoms. The van der Waals surface area contributed by atoms with Crippen LogP contribution in [0.25, 0.3) is 10.9 Å². The van der Waals surface area contributed by atoms with Crippen molar-refractivity contribution < 1.29 is 18.7 Å². The number of alkyl halides is 2. The number of carbonyl (C=O) groups is 1. The molecule has 1 unspecified atom stereocenters. The average Bonchev–Trinajstić information content (AvgIpc) is 3.25. The summed E-state index contributed by atoms with van der Waals surface area (Å²) in [4.78, 5) is 22.1. The van der Waals surface area contributed by atoms with Gasteiger partial charge in [0.2, 0.25) is 5.92 Å². The van der Waals surface area contributed by atoms with Crippen LogP contribution in [0.2, 0.25) is 5.02 Å². The maximum atomic E-state index is 13.4. The molecule has 1 saturated carbocycles. The number of anilines is 1. The number of nitrogens with one attached hydrogen (secondary N) is 1. The van der Waals surface area contributed by atoms with Crippen molar-refractivity contribution in [2.75, 3.05) is 38.6 Å². The number of nitrogens with zero attached hydrogens (tertiary/aromatic N) is 3. The zero-order valence-corrected chi connectivity index (χ0v) is 19.1. The van der Waals surface area contributed by atoms with Crippen molar-refractivity contribution in [2.45, 2.75) is 49.7 Å². The van der Waals surface area contributed by atoms with Gasteiger partial charge in [-0.15, -0.1) is 0 Å². The molecule has 1 aliphatic carbocycles. The summed E-state index contributed by atoms with van der Waals surface area (Å²) >= 11 is 6.35. The Bertz CT molecular complexity index is 1010. The van der Waals surface area contributed by atoms with Gasteiger partial charge in [0.25, 0.3) is 5.91 Å². The number of aliphatic hydroxyl groups is 1. The monoisotopic (exact) mass is 466 g/mol. The molecule has 1 saturated heterocycles. The molecule has 6 nitrogen and oxygen atoms in total. The fourth-order valence-corrected chi connectivity index (χ4v) is 4.79.